The van der Waals surface area contributed by atoms with Gasteiger partial charge in [-0.05, 0) is 43.7 Å². The first-order chi connectivity index (χ1) is 12.3. The van der Waals surface area contributed by atoms with E-state index >= 15 is 0 Å². The fraction of sp³-hybridized carbons (Fsp3) is 0.368. The normalized spacial score (nSPS) is 18.4. The number of piperidine rings is 1. The summed E-state index contributed by atoms with van der Waals surface area (Å²) < 4.78 is 5.25. The van der Waals surface area contributed by atoms with Crippen molar-refractivity contribution in [1.82, 2.24) is 25.1 Å². The highest BCUT2D eigenvalue weighted by Gasteiger charge is 2.26. The van der Waals surface area contributed by atoms with Gasteiger partial charge in [0.1, 0.15) is 11.6 Å². The summed E-state index contributed by atoms with van der Waals surface area (Å²) in [5.74, 6) is 1.92. The Morgan fingerprint density at radius 3 is 2.88 bits per heavy atom. The van der Waals surface area contributed by atoms with E-state index in [-0.39, 0.29) is 0 Å². The Labute approximate surface area is 147 Å². The summed E-state index contributed by atoms with van der Waals surface area (Å²) in [4.78, 5) is 10.3. The molecule has 3 heterocycles. The Kier molecular flexibility index (Phi) is 4.52. The number of benzene rings is 1. The molecule has 0 bridgehead atoms. The van der Waals surface area contributed by atoms with Gasteiger partial charge in [-0.2, -0.15) is 5.10 Å². The van der Waals surface area contributed by atoms with Gasteiger partial charge in [0.25, 0.3) is 0 Å². The van der Waals surface area contributed by atoms with Crippen LogP contribution in [0.1, 0.15) is 36.7 Å². The largest absolute Gasteiger partial charge is 0.497 e. The average Bonchev–Trinajstić information content (AvgIpc) is 3.34. The Morgan fingerprint density at radius 1 is 1.24 bits per heavy atom. The number of ether oxygens (including phenoxy) is 1. The molecule has 0 spiro atoms. The molecular weight excluding hydrogens is 314 g/mol. The summed E-state index contributed by atoms with van der Waals surface area (Å²) in [6, 6.07) is 8.44. The van der Waals surface area contributed by atoms with Gasteiger partial charge in [-0.1, -0.05) is 6.42 Å². The van der Waals surface area contributed by atoms with E-state index in [4.69, 9.17) is 4.74 Å². The molecule has 6 heteroatoms. The number of H-pyrrole nitrogens is 2. The van der Waals surface area contributed by atoms with Crippen LogP contribution in [-0.2, 0) is 6.54 Å². The minimum atomic E-state index is 0.349. The molecule has 3 aromatic rings. The second-order valence-electron chi connectivity index (χ2n) is 6.46. The van der Waals surface area contributed by atoms with E-state index in [1.807, 2.05) is 30.7 Å². The van der Waals surface area contributed by atoms with Gasteiger partial charge in [-0.15, -0.1) is 0 Å². The molecule has 25 heavy (non-hydrogen) atoms. The highest BCUT2D eigenvalue weighted by molar-refractivity contribution is 5.63. The van der Waals surface area contributed by atoms with Gasteiger partial charge in [-0.3, -0.25) is 10.00 Å². The van der Waals surface area contributed by atoms with Crippen molar-refractivity contribution >= 4 is 0 Å². The van der Waals surface area contributed by atoms with Crippen LogP contribution in [0, 0.1) is 0 Å². The smallest absolute Gasteiger partial charge is 0.123 e. The van der Waals surface area contributed by atoms with E-state index in [1.165, 1.54) is 18.4 Å². The molecular formula is C19H23N5O. The number of aromatic amines is 2. The molecule has 4 rings (SSSR count). The third-order valence-electron chi connectivity index (χ3n) is 4.92. The van der Waals surface area contributed by atoms with Crippen LogP contribution in [0.2, 0.25) is 0 Å². The van der Waals surface area contributed by atoms with Gasteiger partial charge in [0, 0.05) is 30.1 Å². The minimum Gasteiger partial charge on any atom is -0.497 e. The third-order valence-corrected chi connectivity index (χ3v) is 4.92. The number of likely N-dealkylation sites (tertiary alicyclic amines) is 1. The Bertz CT molecular complexity index is 794. The zero-order valence-electron chi connectivity index (χ0n) is 14.4. The molecule has 0 radical (unpaired) electrons. The molecule has 1 aromatic carbocycles. The molecule has 6 nitrogen and oxygen atoms in total. The lowest BCUT2D eigenvalue weighted by Crippen LogP contribution is -2.33. The van der Waals surface area contributed by atoms with Crippen molar-refractivity contribution in [2.24, 2.45) is 0 Å². The molecule has 1 saturated heterocycles. The van der Waals surface area contributed by atoms with Crippen LogP contribution in [0.15, 0.2) is 42.9 Å². The lowest BCUT2D eigenvalue weighted by molar-refractivity contribution is 0.134. The summed E-state index contributed by atoms with van der Waals surface area (Å²) in [5, 5.41) is 7.45. The Balaban J connectivity index is 1.57. The van der Waals surface area contributed by atoms with E-state index in [0.717, 1.165) is 42.3 Å². The minimum absolute atomic E-state index is 0.349. The van der Waals surface area contributed by atoms with Crippen molar-refractivity contribution in [1.29, 1.82) is 0 Å². The van der Waals surface area contributed by atoms with Gasteiger partial charge in [-0.25, -0.2) is 4.98 Å². The van der Waals surface area contributed by atoms with Crippen LogP contribution in [0.5, 0.6) is 5.75 Å². The summed E-state index contributed by atoms with van der Waals surface area (Å²) in [6.45, 7) is 1.95. The number of nitrogens with one attached hydrogen (secondary N) is 2. The maximum Gasteiger partial charge on any atom is 0.123 e. The number of nitrogens with zero attached hydrogens (tertiary/aromatic N) is 3. The van der Waals surface area contributed by atoms with E-state index in [2.05, 4.69) is 37.2 Å². The maximum atomic E-state index is 5.25. The number of aromatic nitrogens is 4. The second-order valence-corrected chi connectivity index (χ2v) is 6.46. The predicted molar refractivity (Wildman–Crippen MR) is 96.2 cm³/mol. The van der Waals surface area contributed by atoms with Gasteiger partial charge in [0.05, 0.1) is 25.0 Å². The van der Waals surface area contributed by atoms with Crippen LogP contribution in [0.25, 0.3) is 11.3 Å². The molecule has 0 saturated carbocycles. The fourth-order valence-electron chi connectivity index (χ4n) is 3.61. The zero-order valence-corrected chi connectivity index (χ0v) is 14.4. The number of hydrogen-bond donors (Lipinski definition) is 2. The van der Waals surface area contributed by atoms with Gasteiger partial charge < -0.3 is 9.72 Å². The lowest BCUT2D eigenvalue weighted by Gasteiger charge is -2.34. The molecule has 0 aliphatic carbocycles. The maximum absolute atomic E-state index is 5.25. The van der Waals surface area contributed by atoms with Gasteiger partial charge in [0.2, 0.25) is 0 Å². The molecule has 1 unspecified atom stereocenters. The van der Waals surface area contributed by atoms with Crippen molar-refractivity contribution in [2.45, 2.75) is 31.8 Å². The summed E-state index contributed by atoms with van der Waals surface area (Å²) in [6.07, 6.45) is 9.30. The van der Waals surface area contributed by atoms with E-state index < -0.39 is 0 Å². The topological polar surface area (TPSA) is 69.8 Å². The van der Waals surface area contributed by atoms with Crippen LogP contribution in [-0.4, -0.2) is 38.7 Å². The Morgan fingerprint density at radius 2 is 2.12 bits per heavy atom. The summed E-state index contributed by atoms with van der Waals surface area (Å²) in [5.41, 5.74) is 3.41. The number of rotatable bonds is 5. The van der Waals surface area contributed by atoms with Crippen molar-refractivity contribution in [3.05, 3.63) is 54.2 Å². The summed E-state index contributed by atoms with van der Waals surface area (Å²) in [7, 11) is 1.68. The fourth-order valence-corrected chi connectivity index (χ4v) is 3.61. The predicted octanol–water partition coefficient (Wildman–Crippen LogP) is 3.54. The van der Waals surface area contributed by atoms with Crippen LogP contribution in [0.4, 0.5) is 0 Å². The van der Waals surface area contributed by atoms with Crippen LogP contribution < -0.4 is 4.74 Å². The number of imidazole rings is 1. The first kappa shape index (κ1) is 15.9. The molecule has 1 aliphatic heterocycles. The zero-order chi connectivity index (χ0) is 17.1. The monoisotopic (exact) mass is 337 g/mol. The lowest BCUT2D eigenvalue weighted by atomic mass is 10.00. The third kappa shape index (κ3) is 3.30. The van der Waals surface area contributed by atoms with E-state index in [1.54, 1.807) is 7.11 Å². The molecule has 0 amide bonds. The Hall–Kier alpha value is -2.60. The molecule has 1 fully saturated rings. The van der Waals surface area contributed by atoms with Crippen LogP contribution >= 0.6 is 0 Å². The number of methoxy groups -OCH3 is 1. The molecule has 1 atom stereocenters. The quantitative estimate of drug-likeness (QED) is 0.747. The highest BCUT2D eigenvalue weighted by Crippen LogP contribution is 2.32. The van der Waals surface area contributed by atoms with Crippen molar-refractivity contribution in [3.8, 4) is 17.0 Å². The summed E-state index contributed by atoms with van der Waals surface area (Å²) >= 11 is 0. The van der Waals surface area contributed by atoms with E-state index in [0.29, 0.717) is 6.04 Å². The molecule has 2 N–H and O–H groups in total. The average molecular weight is 337 g/mol. The van der Waals surface area contributed by atoms with Crippen molar-refractivity contribution < 1.29 is 4.74 Å². The molecule has 2 aromatic heterocycles. The first-order valence-electron chi connectivity index (χ1n) is 8.75. The standard InChI is InChI=1S/C19H23N5O/c1-25-16-7-5-14(6-8-16)18-15(12-22-23-18)13-24-11-3-2-4-17(24)19-20-9-10-21-19/h5-10,12,17H,2-4,11,13H2,1H3,(H,20,21)(H,22,23). The van der Waals surface area contributed by atoms with Gasteiger partial charge >= 0.3 is 0 Å². The molecule has 1 aliphatic rings. The number of hydrogen-bond acceptors (Lipinski definition) is 4. The van der Waals surface area contributed by atoms with E-state index in [9.17, 15) is 0 Å². The first-order valence-corrected chi connectivity index (χ1v) is 8.75. The molecule has 130 valence electrons. The van der Waals surface area contributed by atoms with Gasteiger partial charge in [0.15, 0.2) is 0 Å². The van der Waals surface area contributed by atoms with Crippen molar-refractivity contribution in [2.75, 3.05) is 13.7 Å². The van der Waals surface area contributed by atoms with Crippen LogP contribution in [0.3, 0.4) is 0 Å². The van der Waals surface area contributed by atoms with Crippen molar-refractivity contribution in [3.63, 3.8) is 0 Å². The highest BCUT2D eigenvalue weighted by atomic mass is 16.5. The SMILES string of the molecule is COc1ccc(-c2[nH]ncc2CN2CCCCC2c2ncc[nH]2)cc1. The second kappa shape index (κ2) is 7.11.